The van der Waals surface area contributed by atoms with Crippen molar-refractivity contribution in [2.75, 3.05) is 24.6 Å². The highest BCUT2D eigenvalue weighted by molar-refractivity contribution is 5.95. The van der Waals surface area contributed by atoms with E-state index in [9.17, 15) is 9.59 Å². The molecule has 1 aliphatic heterocycles. The number of hydrogen-bond donors (Lipinski definition) is 2. The maximum atomic E-state index is 11.7. The molecule has 1 fully saturated rings. The fourth-order valence-corrected chi connectivity index (χ4v) is 2.17. The van der Waals surface area contributed by atoms with Crippen LogP contribution in [0, 0.1) is 0 Å². The maximum Gasteiger partial charge on any atom is 0.258 e. The zero-order valence-electron chi connectivity index (χ0n) is 13.5. The Morgan fingerprint density at radius 3 is 2.52 bits per heavy atom. The predicted molar refractivity (Wildman–Crippen MR) is 92.0 cm³/mol. The van der Waals surface area contributed by atoms with Crippen molar-refractivity contribution in [2.24, 2.45) is 5.73 Å². The fourth-order valence-electron chi connectivity index (χ4n) is 2.17. The Bertz CT molecular complexity index is 540. The van der Waals surface area contributed by atoms with Crippen molar-refractivity contribution in [3.8, 4) is 5.75 Å². The lowest BCUT2D eigenvalue weighted by Crippen LogP contribution is -2.46. The molecule has 0 spiro atoms. The summed E-state index contributed by atoms with van der Waals surface area (Å²) in [6, 6.07) is 7.20. The monoisotopic (exact) mass is 341 g/mol. The lowest BCUT2D eigenvalue weighted by Gasteiger charge is -2.19. The van der Waals surface area contributed by atoms with Crippen molar-refractivity contribution in [3.63, 3.8) is 0 Å². The van der Waals surface area contributed by atoms with E-state index < -0.39 is 5.54 Å². The van der Waals surface area contributed by atoms with E-state index >= 15 is 0 Å². The molecule has 2 rings (SSSR count). The minimum atomic E-state index is -0.445. The number of nitrogens with one attached hydrogen (secondary N) is 1. The highest BCUT2D eigenvalue weighted by Crippen LogP contribution is 2.23. The van der Waals surface area contributed by atoms with Crippen LogP contribution < -0.4 is 20.7 Å². The minimum absolute atomic E-state index is 0. The average Bonchev–Trinajstić information content (AvgIpc) is 2.89. The molecule has 1 aliphatic rings. The molecule has 2 amide bonds. The van der Waals surface area contributed by atoms with Gasteiger partial charge in [0, 0.05) is 30.7 Å². The average molecular weight is 342 g/mol. The third kappa shape index (κ3) is 6.08. The van der Waals surface area contributed by atoms with Gasteiger partial charge in [-0.05, 0) is 44.5 Å². The topological polar surface area (TPSA) is 84.7 Å². The van der Waals surface area contributed by atoms with Gasteiger partial charge < -0.3 is 20.7 Å². The molecule has 0 aromatic heterocycles. The Morgan fingerprint density at radius 2 is 2.00 bits per heavy atom. The molecule has 23 heavy (non-hydrogen) atoms. The van der Waals surface area contributed by atoms with Crippen LogP contribution in [-0.4, -0.2) is 37.0 Å². The Balaban J connectivity index is 0.00000264. The molecular weight excluding hydrogens is 318 g/mol. The van der Waals surface area contributed by atoms with Gasteiger partial charge >= 0.3 is 0 Å². The second-order valence-corrected chi connectivity index (χ2v) is 6.20. The minimum Gasteiger partial charge on any atom is -0.484 e. The van der Waals surface area contributed by atoms with Gasteiger partial charge in [-0.3, -0.25) is 9.59 Å². The highest BCUT2D eigenvalue weighted by atomic mass is 35.5. The molecule has 6 nitrogen and oxygen atoms in total. The van der Waals surface area contributed by atoms with Crippen LogP contribution in [0.1, 0.15) is 26.7 Å². The molecule has 128 valence electrons. The molecule has 0 atom stereocenters. The summed E-state index contributed by atoms with van der Waals surface area (Å²) >= 11 is 0. The van der Waals surface area contributed by atoms with E-state index in [2.05, 4.69) is 5.32 Å². The molecule has 3 N–H and O–H groups in total. The number of amides is 2. The SMILES string of the molecule is CC(C)(N)CNC(=O)COc1ccc(N2CCCC2=O)cc1.Cl. The molecule has 1 aromatic rings. The number of anilines is 1. The Labute approximate surface area is 142 Å². The van der Waals surface area contributed by atoms with Crippen LogP contribution in [0.15, 0.2) is 24.3 Å². The van der Waals surface area contributed by atoms with E-state index in [4.69, 9.17) is 10.5 Å². The number of nitrogens with two attached hydrogens (primary N) is 1. The zero-order valence-corrected chi connectivity index (χ0v) is 14.3. The number of ether oxygens (including phenoxy) is 1. The van der Waals surface area contributed by atoms with Crippen molar-refractivity contribution >= 4 is 29.9 Å². The van der Waals surface area contributed by atoms with E-state index in [0.29, 0.717) is 18.7 Å². The summed E-state index contributed by atoms with van der Waals surface area (Å²) in [6.45, 7) is 4.78. The largest absolute Gasteiger partial charge is 0.484 e. The van der Waals surface area contributed by atoms with Gasteiger partial charge in [0.2, 0.25) is 5.91 Å². The molecule has 7 heteroatoms. The number of carbonyl (C=O) groups is 2. The number of hydrogen-bond acceptors (Lipinski definition) is 4. The molecule has 1 saturated heterocycles. The van der Waals surface area contributed by atoms with E-state index in [1.165, 1.54) is 0 Å². The lowest BCUT2D eigenvalue weighted by atomic mass is 10.1. The number of halogens is 1. The normalized spacial score (nSPS) is 14.4. The van der Waals surface area contributed by atoms with Crippen LogP contribution in [0.2, 0.25) is 0 Å². The third-order valence-corrected chi connectivity index (χ3v) is 3.33. The molecule has 1 heterocycles. The van der Waals surface area contributed by atoms with Crippen molar-refractivity contribution < 1.29 is 14.3 Å². The van der Waals surface area contributed by atoms with Crippen LogP contribution in [0.3, 0.4) is 0 Å². The van der Waals surface area contributed by atoms with Gasteiger partial charge in [0.05, 0.1) is 0 Å². The van der Waals surface area contributed by atoms with E-state index in [1.807, 2.05) is 26.0 Å². The van der Waals surface area contributed by atoms with Crippen LogP contribution >= 0.6 is 12.4 Å². The van der Waals surface area contributed by atoms with Crippen LogP contribution in [-0.2, 0) is 9.59 Å². The first kappa shape index (κ1) is 19.3. The van der Waals surface area contributed by atoms with Crippen molar-refractivity contribution in [1.29, 1.82) is 0 Å². The Morgan fingerprint density at radius 1 is 1.35 bits per heavy atom. The summed E-state index contributed by atoms with van der Waals surface area (Å²) in [7, 11) is 0. The second kappa shape index (κ2) is 8.17. The number of benzene rings is 1. The summed E-state index contributed by atoms with van der Waals surface area (Å²) in [4.78, 5) is 25.1. The lowest BCUT2D eigenvalue weighted by molar-refractivity contribution is -0.123. The third-order valence-electron chi connectivity index (χ3n) is 3.33. The Kier molecular flexibility index (Phi) is 6.84. The van der Waals surface area contributed by atoms with E-state index in [-0.39, 0.29) is 30.8 Å². The van der Waals surface area contributed by atoms with Gasteiger partial charge in [0.15, 0.2) is 6.61 Å². The van der Waals surface area contributed by atoms with Gasteiger partial charge in [0.25, 0.3) is 5.91 Å². The Hall–Kier alpha value is -1.79. The molecule has 0 saturated carbocycles. The highest BCUT2D eigenvalue weighted by Gasteiger charge is 2.21. The first-order chi connectivity index (χ1) is 10.3. The maximum absolute atomic E-state index is 11.7. The van der Waals surface area contributed by atoms with Crippen molar-refractivity contribution in [2.45, 2.75) is 32.2 Å². The summed E-state index contributed by atoms with van der Waals surface area (Å²) in [5.74, 6) is 0.535. The van der Waals surface area contributed by atoms with Crippen LogP contribution in [0.25, 0.3) is 0 Å². The second-order valence-electron chi connectivity index (χ2n) is 6.20. The van der Waals surface area contributed by atoms with Gasteiger partial charge in [0.1, 0.15) is 5.75 Å². The number of rotatable bonds is 6. The number of nitrogens with zero attached hydrogens (tertiary/aromatic N) is 1. The molecular formula is C16H24ClN3O3. The van der Waals surface area contributed by atoms with Gasteiger partial charge in [-0.15, -0.1) is 12.4 Å². The van der Waals surface area contributed by atoms with Crippen LogP contribution in [0.4, 0.5) is 5.69 Å². The molecule has 0 aliphatic carbocycles. The first-order valence-electron chi connectivity index (χ1n) is 7.44. The van der Waals surface area contributed by atoms with Gasteiger partial charge in [-0.25, -0.2) is 0 Å². The molecule has 1 aromatic carbocycles. The first-order valence-corrected chi connectivity index (χ1v) is 7.44. The number of carbonyl (C=O) groups excluding carboxylic acids is 2. The smallest absolute Gasteiger partial charge is 0.258 e. The summed E-state index contributed by atoms with van der Waals surface area (Å²) < 4.78 is 5.42. The van der Waals surface area contributed by atoms with E-state index in [0.717, 1.165) is 18.7 Å². The molecule has 0 radical (unpaired) electrons. The van der Waals surface area contributed by atoms with Gasteiger partial charge in [-0.1, -0.05) is 0 Å². The fraction of sp³-hybridized carbons (Fsp3) is 0.500. The standard InChI is InChI=1S/C16H23N3O3.ClH/c1-16(2,17)11-18-14(20)10-22-13-7-5-12(6-8-13)19-9-3-4-15(19)21;/h5-8H,3-4,9-11,17H2,1-2H3,(H,18,20);1H. The molecule has 0 unspecified atom stereocenters. The van der Waals surface area contributed by atoms with Gasteiger partial charge in [-0.2, -0.15) is 0 Å². The predicted octanol–water partition coefficient (Wildman–Crippen LogP) is 1.47. The summed E-state index contributed by atoms with van der Waals surface area (Å²) in [6.07, 6.45) is 1.50. The summed E-state index contributed by atoms with van der Waals surface area (Å²) in [5.41, 5.74) is 6.21. The molecule has 0 bridgehead atoms. The van der Waals surface area contributed by atoms with Crippen molar-refractivity contribution in [3.05, 3.63) is 24.3 Å². The summed E-state index contributed by atoms with van der Waals surface area (Å²) in [5, 5.41) is 2.71. The van der Waals surface area contributed by atoms with Crippen molar-refractivity contribution in [1.82, 2.24) is 5.32 Å². The van der Waals surface area contributed by atoms with E-state index in [1.54, 1.807) is 17.0 Å². The zero-order chi connectivity index (χ0) is 16.2. The van der Waals surface area contributed by atoms with Crippen LogP contribution in [0.5, 0.6) is 5.75 Å². The quantitative estimate of drug-likeness (QED) is 0.820.